The van der Waals surface area contributed by atoms with Gasteiger partial charge < -0.3 is 15.2 Å². The predicted molar refractivity (Wildman–Crippen MR) is 109 cm³/mol. The quantitative estimate of drug-likeness (QED) is 0.695. The van der Waals surface area contributed by atoms with Gasteiger partial charge in [0, 0.05) is 35.2 Å². The van der Waals surface area contributed by atoms with Crippen LogP contribution in [0.2, 0.25) is 5.02 Å². The first-order chi connectivity index (χ1) is 13.6. The largest absolute Gasteiger partial charge is 0.353 e. The van der Waals surface area contributed by atoms with E-state index in [1.165, 1.54) is 6.33 Å². The molecule has 7 heteroatoms. The molecule has 1 aliphatic heterocycles. The Bertz CT molecular complexity index is 1070. The van der Waals surface area contributed by atoms with E-state index in [1.54, 1.807) is 6.20 Å². The molecule has 0 unspecified atom stereocenters. The van der Waals surface area contributed by atoms with Crippen LogP contribution in [0.5, 0.6) is 0 Å². The van der Waals surface area contributed by atoms with Crippen molar-refractivity contribution in [3.05, 3.63) is 59.3 Å². The molecule has 0 atom stereocenters. The van der Waals surface area contributed by atoms with Gasteiger partial charge in [-0.3, -0.25) is 4.79 Å². The number of carbonyl (C=O) groups is 1. The van der Waals surface area contributed by atoms with Crippen LogP contribution in [0, 0.1) is 6.92 Å². The van der Waals surface area contributed by atoms with E-state index >= 15 is 0 Å². The number of fused-ring (bicyclic) bond motifs is 1. The predicted octanol–water partition coefficient (Wildman–Crippen LogP) is 4.32. The van der Waals surface area contributed by atoms with Gasteiger partial charge in [0.1, 0.15) is 12.0 Å². The minimum atomic E-state index is -0.102. The lowest BCUT2D eigenvalue weighted by Crippen LogP contribution is -2.59. The summed E-state index contributed by atoms with van der Waals surface area (Å²) in [4.78, 5) is 21.5. The molecular formula is C21H20ClN5O. The minimum absolute atomic E-state index is 0.0477. The molecule has 1 fully saturated rings. The van der Waals surface area contributed by atoms with Gasteiger partial charge in [-0.15, -0.1) is 0 Å². The molecule has 28 heavy (non-hydrogen) atoms. The van der Waals surface area contributed by atoms with E-state index in [9.17, 15) is 4.79 Å². The van der Waals surface area contributed by atoms with Gasteiger partial charge in [-0.05, 0) is 49.9 Å². The molecule has 0 bridgehead atoms. The molecule has 1 spiro atoms. The minimum Gasteiger partial charge on any atom is -0.353 e. The van der Waals surface area contributed by atoms with Gasteiger partial charge in [0.05, 0.1) is 16.9 Å². The zero-order valence-corrected chi connectivity index (χ0v) is 16.3. The summed E-state index contributed by atoms with van der Waals surface area (Å²) < 4.78 is 2.07. The summed E-state index contributed by atoms with van der Waals surface area (Å²) in [5, 5.41) is 7.38. The Hall–Kier alpha value is -2.86. The molecule has 1 amide bonds. The number of carbonyl (C=O) groups excluding carboxylic acids is 1. The Morgan fingerprint density at radius 3 is 2.86 bits per heavy atom. The molecule has 1 saturated carbocycles. The molecule has 3 aromatic rings. The Balaban J connectivity index is 1.66. The van der Waals surface area contributed by atoms with Crippen molar-refractivity contribution in [1.82, 2.24) is 19.9 Å². The molecule has 0 saturated heterocycles. The highest BCUT2D eigenvalue weighted by molar-refractivity contribution is 6.31. The SMILES string of the molecule is Cc1c(Cl)cccc1Nc1c(-c2ccncn2)cn2c1C(=O)NC1(CCC1)C2. The second-order valence-corrected chi connectivity index (χ2v) is 8.02. The standard InChI is InChI=1S/C21H20ClN5O/c1-13-15(22)4-2-5-16(13)25-18-14(17-6-9-23-12-24-17)10-27-11-21(7-3-8-21)26-20(28)19(18)27/h2,4-6,9-10,12,25H,3,7-8,11H2,1H3,(H,26,28). The third kappa shape index (κ3) is 2.67. The average molecular weight is 394 g/mol. The van der Waals surface area contributed by atoms with Gasteiger partial charge in [-0.2, -0.15) is 0 Å². The van der Waals surface area contributed by atoms with E-state index in [0.29, 0.717) is 10.7 Å². The van der Waals surface area contributed by atoms with E-state index in [-0.39, 0.29) is 11.4 Å². The summed E-state index contributed by atoms with van der Waals surface area (Å²) in [6, 6.07) is 7.57. The van der Waals surface area contributed by atoms with Crippen LogP contribution in [0.3, 0.4) is 0 Å². The van der Waals surface area contributed by atoms with Gasteiger partial charge in [-0.1, -0.05) is 17.7 Å². The number of aromatic nitrogens is 3. The number of rotatable bonds is 3. The van der Waals surface area contributed by atoms with E-state index in [2.05, 4.69) is 25.2 Å². The Kier molecular flexibility index (Phi) is 3.91. The second-order valence-electron chi connectivity index (χ2n) is 7.61. The maximum Gasteiger partial charge on any atom is 0.270 e. The van der Waals surface area contributed by atoms with Gasteiger partial charge in [0.15, 0.2) is 0 Å². The molecule has 1 aromatic carbocycles. The summed E-state index contributed by atoms with van der Waals surface area (Å²) in [5.74, 6) is -0.0477. The first-order valence-corrected chi connectivity index (χ1v) is 9.78. The number of nitrogens with zero attached hydrogens (tertiary/aromatic N) is 3. The summed E-state index contributed by atoms with van der Waals surface area (Å²) in [6.45, 7) is 2.74. The van der Waals surface area contributed by atoms with Crippen LogP contribution in [0.25, 0.3) is 11.3 Å². The van der Waals surface area contributed by atoms with Crippen LogP contribution < -0.4 is 10.6 Å². The molecule has 6 nitrogen and oxygen atoms in total. The summed E-state index contributed by atoms with van der Waals surface area (Å²) in [6.07, 6.45) is 8.46. The lowest BCUT2D eigenvalue weighted by atomic mass is 9.75. The molecule has 2 aromatic heterocycles. The molecule has 3 heterocycles. The number of amides is 1. The molecule has 5 rings (SSSR count). The zero-order valence-electron chi connectivity index (χ0n) is 15.5. The Morgan fingerprint density at radius 1 is 1.29 bits per heavy atom. The monoisotopic (exact) mass is 393 g/mol. The molecule has 2 N–H and O–H groups in total. The number of hydrogen-bond donors (Lipinski definition) is 2. The fourth-order valence-electron chi connectivity index (χ4n) is 4.13. The third-order valence-electron chi connectivity index (χ3n) is 5.84. The highest BCUT2D eigenvalue weighted by Crippen LogP contribution is 2.42. The molecular weight excluding hydrogens is 374 g/mol. The number of anilines is 2. The van der Waals surface area contributed by atoms with Gasteiger partial charge in [-0.25, -0.2) is 9.97 Å². The third-order valence-corrected chi connectivity index (χ3v) is 6.25. The summed E-state index contributed by atoms with van der Waals surface area (Å²) in [5.41, 5.74) is 4.73. The van der Waals surface area contributed by atoms with E-state index < -0.39 is 0 Å². The lowest BCUT2D eigenvalue weighted by molar-refractivity contribution is 0.0720. The maximum atomic E-state index is 13.1. The van der Waals surface area contributed by atoms with Gasteiger partial charge in [0.2, 0.25) is 0 Å². The van der Waals surface area contributed by atoms with Crippen molar-refractivity contribution in [3.8, 4) is 11.3 Å². The number of halogens is 1. The van der Waals surface area contributed by atoms with Crippen molar-refractivity contribution in [1.29, 1.82) is 0 Å². The fraction of sp³-hybridized carbons (Fsp3) is 0.286. The number of benzene rings is 1. The first kappa shape index (κ1) is 17.3. The van der Waals surface area contributed by atoms with Gasteiger partial charge in [0.25, 0.3) is 5.91 Å². The van der Waals surface area contributed by atoms with Crippen LogP contribution in [0.1, 0.15) is 35.3 Å². The lowest BCUT2D eigenvalue weighted by Gasteiger charge is -2.45. The first-order valence-electron chi connectivity index (χ1n) is 9.40. The maximum absolute atomic E-state index is 13.1. The van der Waals surface area contributed by atoms with E-state index in [0.717, 1.165) is 54.0 Å². The van der Waals surface area contributed by atoms with Crippen LogP contribution in [0.4, 0.5) is 11.4 Å². The highest BCUT2D eigenvalue weighted by Gasteiger charge is 2.44. The van der Waals surface area contributed by atoms with Crippen molar-refractivity contribution in [2.24, 2.45) is 0 Å². The van der Waals surface area contributed by atoms with E-state index in [1.807, 2.05) is 37.4 Å². The van der Waals surface area contributed by atoms with Crippen LogP contribution in [-0.4, -0.2) is 26.0 Å². The van der Waals surface area contributed by atoms with Crippen molar-refractivity contribution in [3.63, 3.8) is 0 Å². The molecule has 1 aliphatic carbocycles. The Labute approximate surface area is 168 Å². The topological polar surface area (TPSA) is 71.8 Å². The number of hydrogen-bond acceptors (Lipinski definition) is 4. The fourth-order valence-corrected chi connectivity index (χ4v) is 4.30. The Morgan fingerprint density at radius 2 is 2.14 bits per heavy atom. The normalized spacial score (nSPS) is 17.0. The summed E-state index contributed by atoms with van der Waals surface area (Å²) >= 11 is 6.30. The highest BCUT2D eigenvalue weighted by atomic mass is 35.5. The van der Waals surface area contributed by atoms with Crippen molar-refractivity contribution < 1.29 is 4.79 Å². The van der Waals surface area contributed by atoms with Crippen LogP contribution in [0.15, 0.2) is 43.0 Å². The molecule has 2 aliphatic rings. The van der Waals surface area contributed by atoms with Crippen molar-refractivity contribution in [2.45, 2.75) is 38.3 Å². The molecule has 142 valence electrons. The smallest absolute Gasteiger partial charge is 0.270 e. The summed E-state index contributed by atoms with van der Waals surface area (Å²) in [7, 11) is 0. The van der Waals surface area contributed by atoms with Crippen LogP contribution >= 0.6 is 11.6 Å². The average Bonchev–Trinajstić information content (AvgIpc) is 3.03. The van der Waals surface area contributed by atoms with Crippen LogP contribution in [-0.2, 0) is 6.54 Å². The molecule has 0 radical (unpaired) electrons. The number of nitrogens with one attached hydrogen (secondary N) is 2. The van der Waals surface area contributed by atoms with Crippen molar-refractivity contribution >= 4 is 28.9 Å². The van der Waals surface area contributed by atoms with Crippen molar-refractivity contribution in [2.75, 3.05) is 5.32 Å². The van der Waals surface area contributed by atoms with Gasteiger partial charge >= 0.3 is 0 Å². The van der Waals surface area contributed by atoms with E-state index in [4.69, 9.17) is 11.6 Å². The second kappa shape index (κ2) is 6.34. The zero-order chi connectivity index (χ0) is 19.3.